The molecule has 1 rings (SSSR count). The van der Waals surface area contributed by atoms with Gasteiger partial charge in [0.1, 0.15) is 11.6 Å². The molecule has 0 heterocycles. The smallest absolute Gasteiger partial charge is 0.307 e. The number of carboxylic acid groups (broad SMARTS) is 1. The van der Waals surface area contributed by atoms with Crippen LogP contribution in [0.1, 0.15) is 18.9 Å². The van der Waals surface area contributed by atoms with Crippen LogP contribution in [-0.4, -0.2) is 22.9 Å². The molecule has 3 N–H and O–H groups in total. The van der Waals surface area contributed by atoms with E-state index in [1.54, 1.807) is 0 Å². The molecule has 0 radical (unpaired) electrons. The van der Waals surface area contributed by atoms with E-state index in [0.29, 0.717) is 5.56 Å². The van der Waals surface area contributed by atoms with Crippen LogP contribution < -0.4 is 5.73 Å². The molecule has 0 aliphatic carbocycles. The summed E-state index contributed by atoms with van der Waals surface area (Å²) in [5.74, 6) is -2.54. The van der Waals surface area contributed by atoms with Gasteiger partial charge in [0.25, 0.3) is 0 Å². The third-order valence-corrected chi connectivity index (χ3v) is 2.70. The molecule has 98 valence electrons. The molecule has 0 fully saturated rings. The molecule has 4 nitrogen and oxygen atoms in total. The Balaban J connectivity index is 2.72. The lowest BCUT2D eigenvalue weighted by molar-refractivity contribution is -0.143. The van der Waals surface area contributed by atoms with Crippen molar-refractivity contribution in [2.45, 2.75) is 25.8 Å². The molecule has 0 saturated carbocycles. The van der Waals surface area contributed by atoms with Crippen LogP contribution in [0, 0.1) is 11.7 Å². The first-order valence-corrected chi connectivity index (χ1v) is 5.65. The van der Waals surface area contributed by atoms with Gasteiger partial charge in [-0.2, -0.15) is 0 Å². The van der Waals surface area contributed by atoms with Crippen LogP contribution in [0.3, 0.4) is 0 Å². The summed E-state index contributed by atoms with van der Waals surface area (Å²) in [5.41, 5.74) is 6.09. The van der Waals surface area contributed by atoms with Crippen LogP contribution in [0.25, 0.3) is 0 Å². The van der Waals surface area contributed by atoms with Gasteiger partial charge < -0.3 is 10.8 Å². The van der Waals surface area contributed by atoms with E-state index in [1.165, 1.54) is 31.2 Å². The molecule has 2 atom stereocenters. The van der Waals surface area contributed by atoms with Crippen LogP contribution >= 0.6 is 0 Å². The number of halogens is 1. The highest BCUT2D eigenvalue weighted by molar-refractivity contribution is 5.87. The van der Waals surface area contributed by atoms with E-state index in [-0.39, 0.29) is 24.4 Å². The maximum absolute atomic E-state index is 12.7. The minimum atomic E-state index is -1.05. The summed E-state index contributed by atoms with van der Waals surface area (Å²) in [6.45, 7) is 1.53. The van der Waals surface area contributed by atoms with E-state index in [9.17, 15) is 14.0 Å². The fraction of sp³-hybridized carbons (Fsp3) is 0.385. The lowest BCUT2D eigenvalue weighted by atomic mass is 9.93. The largest absolute Gasteiger partial charge is 0.481 e. The minimum Gasteiger partial charge on any atom is -0.481 e. The van der Waals surface area contributed by atoms with Gasteiger partial charge in [0.15, 0.2) is 0 Å². The van der Waals surface area contributed by atoms with Crippen molar-refractivity contribution in [3.8, 4) is 0 Å². The topological polar surface area (TPSA) is 80.4 Å². The average molecular weight is 253 g/mol. The minimum absolute atomic E-state index is 0.107. The van der Waals surface area contributed by atoms with Gasteiger partial charge in [0.05, 0.1) is 12.0 Å². The van der Waals surface area contributed by atoms with Crippen LogP contribution in [0.15, 0.2) is 24.3 Å². The maximum Gasteiger partial charge on any atom is 0.307 e. The van der Waals surface area contributed by atoms with Crippen molar-refractivity contribution in [2.24, 2.45) is 11.7 Å². The fourth-order valence-electron chi connectivity index (χ4n) is 1.58. The Hall–Kier alpha value is -1.75. The van der Waals surface area contributed by atoms with Gasteiger partial charge in [0.2, 0.25) is 0 Å². The Morgan fingerprint density at radius 1 is 1.33 bits per heavy atom. The number of carbonyl (C=O) groups excluding carboxylic acids is 1. The van der Waals surface area contributed by atoms with Crippen molar-refractivity contribution < 1.29 is 19.1 Å². The van der Waals surface area contributed by atoms with Crippen LogP contribution in [-0.2, 0) is 16.0 Å². The van der Waals surface area contributed by atoms with Crippen LogP contribution in [0.4, 0.5) is 4.39 Å². The molecule has 5 heteroatoms. The molecule has 1 aromatic rings. The number of aliphatic carboxylic acids is 1. The normalized spacial score (nSPS) is 13.9. The van der Waals surface area contributed by atoms with Crippen LogP contribution in [0.5, 0.6) is 0 Å². The molecular weight excluding hydrogens is 237 g/mol. The molecule has 0 unspecified atom stereocenters. The van der Waals surface area contributed by atoms with Crippen LogP contribution in [0.2, 0.25) is 0 Å². The molecule has 1 aromatic carbocycles. The summed E-state index contributed by atoms with van der Waals surface area (Å²) in [6.07, 6.45) is 0.0818. The fourth-order valence-corrected chi connectivity index (χ4v) is 1.58. The highest BCUT2D eigenvalue weighted by atomic mass is 19.1. The van der Waals surface area contributed by atoms with Gasteiger partial charge in [0, 0.05) is 6.42 Å². The zero-order chi connectivity index (χ0) is 13.7. The van der Waals surface area contributed by atoms with Crippen molar-refractivity contribution in [3.05, 3.63) is 35.6 Å². The predicted octanol–water partition coefficient (Wildman–Crippen LogP) is 1.38. The SMILES string of the molecule is C[C@H](N)C(=O)C[C@H](Cc1ccc(F)cc1)C(=O)O. The van der Waals surface area contributed by atoms with Crippen molar-refractivity contribution in [3.63, 3.8) is 0 Å². The molecule has 0 aromatic heterocycles. The van der Waals surface area contributed by atoms with E-state index < -0.39 is 17.9 Å². The van der Waals surface area contributed by atoms with Crippen molar-refractivity contribution in [1.29, 1.82) is 0 Å². The third kappa shape index (κ3) is 4.25. The molecule has 0 bridgehead atoms. The van der Waals surface area contributed by atoms with Gasteiger partial charge in [-0.05, 0) is 31.0 Å². The Morgan fingerprint density at radius 2 is 1.89 bits per heavy atom. The van der Waals surface area contributed by atoms with E-state index in [4.69, 9.17) is 10.8 Å². The number of Topliss-reactive ketones (excluding diaryl/α,β-unsaturated/α-hetero) is 1. The van der Waals surface area contributed by atoms with Gasteiger partial charge >= 0.3 is 5.97 Å². The van der Waals surface area contributed by atoms with E-state index in [2.05, 4.69) is 0 Å². The monoisotopic (exact) mass is 253 g/mol. The first kappa shape index (κ1) is 14.3. The summed E-state index contributed by atoms with van der Waals surface area (Å²) in [7, 11) is 0. The molecule has 18 heavy (non-hydrogen) atoms. The summed E-state index contributed by atoms with van der Waals surface area (Å²) in [5, 5.41) is 9.05. The summed E-state index contributed by atoms with van der Waals surface area (Å²) in [4.78, 5) is 22.5. The Labute approximate surface area is 105 Å². The van der Waals surface area contributed by atoms with Gasteiger partial charge in [-0.15, -0.1) is 0 Å². The lowest BCUT2D eigenvalue weighted by Crippen LogP contribution is -2.31. The van der Waals surface area contributed by atoms with E-state index in [1.807, 2.05) is 0 Å². The molecule has 0 saturated heterocycles. The van der Waals surface area contributed by atoms with Crippen molar-refractivity contribution in [1.82, 2.24) is 0 Å². The number of rotatable bonds is 6. The molecule has 0 spiro atoms. The van der Waals surface area contributed by atoms with Gasteiger partial charge in [-0.1, -0.05) is 12.1 Å². The Kier molecular flexibility index (Phi) is 4.97. The van der Waals surface area contributed by atoms with Gasteiger partial charge in [-0.3, -0.25) is 9.59 Å². The predicted molar refractivity (Wildman–Crippen MR) is 64.5 cm³/mol. The Morgan fingerprint density at radius 3 is 2.33 bits per heavy atom. The van der Waals surface area contributed by atoms with Crippen molar-refractivity contribution >= 4 is 11.8 Å². The summed E-state index contributed by atoms with van der Waals surface area (Å²) >= 11 is 0. The number of hydrogen-bond donors (Lipinski definition) is 2. The highest BCUT2D eigenvalue weighted by Crippen LogP contribution is 2.14. The second kappa shape index (κ2) is 6.26. The average Bonchev–Trinajstić information content (AvgIpc) is 2.30. The first-order chi connectivity index (χ1) is 8.40. The number of hydrogen-bond acceptors (Lipinski definition) is 3. The zero-order valence-electron chi connectivity index (χ0n) is 10.1. The first-order valence-electron chi connectivity index (χ1n) is 5.65. The second-order valence-corrected chi connectivity index (χ2v) is 4.32. The molecule has 0 amide bonds. The number of carbonyl (C=O) groups is 2. The Bertz CT molecular complexity index is 428. The number of nitrogens with two attached hydrogens (primary N) is 1. The maximum atomic E-state index is 12.7. The van der Waals surface area contributed by atoms with E-state index >= 15 is 0 Å². The third-order valence-electron chi connectivity index (χ3n) is 2.70. The number of benzene rings is 1. The molecular formula is C13H16FNO3. The highest BCUT2D eigenvalue weighted by Gasteiger charge is 2.23. The van der Waals surface area contributed by atoms with Gasteiger partial charge in [-0.25, -0.2) is 4.39 Å². The quantitative estimate of drug-likeness (QED) is 0.802. The van der Waals surface area contributed by atoms with E-state index in [0.717, 1.165) is 0 Å². The molecule has 0 aliphatic heterocycles. The number of ketones is 1. The standard InChI is InChI=1S/C13H16FNO3/c1-8(15)12(16)7-10(13(17)18)6-9-2-4-11(14)5-3-9/h2-5,8,10H,6-7,15H2,1H3,(H,17,18)/t8-,10-/m0/s1. The zero-order valence-corrected chi connectivity index (χ0v) is 10.1. The lowest BCUT2D eigenvalue weighted by Gasteiger charge is -2.13. The molecule has 0 aliphatic rings. The number of carboxylic acids is 1. The van der Waals surface area contributed by atoms with Crippen molar-refractivity contribution in [2.75, 3.05) is 0 Å². The summed E-state index contributed by atoms with van der Waals surface area (Å²) in [6, 6.07) is 4.90. The summed E-state index contributed by atoms with van der Waals surface area (Å²) < 4.78 is 12.7. The second-order valence-electron chi connectivity index (χ2n) is 4.32.